The van der Waals surface area contributed by atoms with Gasteiger partial charge in [-0.1, -0.05) is 19.1 Å². The standard InChI is InChI=1S/C21H29N5O4/c1-3-14-7-6-8-16(11-14)30-13-15(27)12-26-17-18(24(2)21(29)23-19(17)28)22-20(26)25-9-4-5-10-25/h6-8,11,15,17-18,27H,3-5,9-10,12-13H2,1-2H3,(H,23,28,29). The van der Waals surface area contributed by atoms with Crippen molar-refractivity contribution >= 4 is 17.9 Å². The first kappa shape index (κ1) is 20.5. The van der Waals surface area contributed by atoms with Gasteiger partial charge in [0.25, 0.3) is 5.91 Å². The van der Waals surface area contributed by atoms with Gasteiger partial charge in [-0.2, -0.15) is 0 Å². The van der Waals surface area contributed by atoms with Crippen LogP contribution in [0.25, 0.3) is 0 Å². The second kappa shape index (κ2) is 8.51. The van der Waals surface area contributed by atoms with Crippen molar-refractivity contribution < 1.29 is 19.4 Å². The van der Waals surface area contributed by atoms with E-state index in [4.69, 9.17) is 9.73 Å². The number of rotatable bonds is 6. The molecule has 0 aliphatic carbocycles. The smallest absolute Gasteiger partial charge is 0.325 e. The number of aliphatic imine (C=N–C) groups is 1. The predicted molar refractivity (Wildman–Crippen MR) is 111 cm³/mol. The first-order valence-electron chi connectivity index (χ1n) is 10.5. The van der Waals surface area contributed by atoms with Crippen LogP contribution in [-0.2, 0) is 11.2 Å². The molecule has 9 nitrogen and oxygen atoms in total. The number of urea groups is 1. The number of likely N-dealkylation sites (tertiary alicyclic amines) is 1. The average Bonchev–Trinajstić information content (AvgIpc) is 3.39. The SMILES string of the molecule is CCc1cccc(OCC(O)CN2C(N3CCCC3)=NC3C2C(=O)NC(=O)N3C)c1. The van der Waals surface area contributed by atoms with Crippen molar-refractivity contribution in [2.45, 2.75) is 44.5 Å². The predicted octanol–water partition coefficient (Wildman–Crippen LogP) is 0.632. The Bertz CT molecular complexity index is 838. The Labute approximate surface area is 176 Å². The molecule has 2 fully saturated rings. The maximum absolute atomic E-state index is 12.6. The molecule has 1 aromatic carbocycles. The molecule has 0 spiro atoms. The lowest BCUT2D eigenvalue weighted by atomic mass is 10.1. The van der Waals surface area contributed by atoms with Gasteiger partial charge in [-0.15, -0.1) is 0 Å². The van der Waals surface area contributed by atoms with E-state index in [0.29, 0.717) is 11.7 Å². The number of β-amino-alcohol motifs (C(OH)–C–C–N with tert-alkyl or cyclic N) is 1. The third-order valence-electron chi connectivity index (χ3n) is 5.88. The molecule has 0 saturated carbocycles. The fourth-order valence-electron chi connectivity index (χ4n) is 4.21. The van der Waals surface area contributed by atoms with Gasteiger partial charge in [-0.05, 0) is 37.0 Å². The van der Waals surface area contributed by atoms with Crippen molar-refractivity contribution in [2.24, 2.45) is 4.99 Å². The maximum atomic E-state index is 12.6. The number of nitrogens with one attached hydrogen (secondary N) is 1. The van der Waals surface area contributed by atoms with Crippen LogP contribution >= 0.6 is 0 Å². The minimum Gasteiger partial charge on any atom is -0.491 e. The number of aliphatic hydroxyl groups is 1. The molecule has 3 heterocycles. The van der Waals surface area contributed by atoms with Gasteiger partial charge in [0, 0.05) is 20.1 Å². The van der Waals surface area contributed by atoms with Crippen molar-refractivity contribution in [3.05, 3.63) is 29.8 Å². The monoisotopic (exact) mass is 415 g/mol. The number of likely N-dealkylation sites (N-methyl/N-ethyl adjacent to an activating group) is 1. The lowest BCUT2D eigenvalue weighted by Crippen LogP contribution is -2.65. The van der Waals surface area contributed by atoms with Crippen LogP contribution in [0, 0.1) is 0 Å². The van der Waals surface area contributed by atoms with Crippen LogP contribution in [0.3, 0.4) is 0 Å². The summed E-state index contributed by atoms with van der Waals surface area (Å²) in [5.41, 5.74) is 1.17. The van der Waals surface area contributed by atoms with E-state index in [9.17, 15) is 14.7 Å². The molecule has 3 aliphatic heterocycles. The molecule has 0 radical (unpaired) electrons. The van der Waals surface area contributed by atoms with Crippen LogP contribution in [0.1, 0.15) is 25.3 Å². The normalized spacial score (nSPS) is 24.6. The van der Waals surface area contributed by atoms with Crippen LogP contribution in [0.15, 0.2) is 29.3 Å². The molecule has 0 bridgehead atoms. The van der Waals surface area contributed by atoms with Crippen molar-refractivity contribution in [1.82, 2.24) is 20.0 Å². The van der Waals surface area contributed by atoms with Crippen molar-refractivity contribution in [3.63, 3.8) is 0 Å². The van der Waals surface area contributed by atoms with Gasteiger partial charge < -0.3 is 24.5 Å². The first-order valence-corrected chi connectivity index (χ1v) is 10.5. The molecule has 2 saturated heterocycles. The number of ether oxygens (including phenoxy) is 1. The molecular formula is C21H29N5O4. The van der Waals surface area contributed by atoms with E-state index in [0.717, 1.165) is 32.4 Å². The Morgan fingerprint density at radius 1 is 1.30 bits per heavy atom. The quantitative estimate of drug-likeness (QED) is 0.708. The Morgan fingerprint density at radius 3 is 2.80 bits per heavy atom. The number of hydrogen-bond acceptors (Lipinski definition) is 7. The van der Waals surface area contributed by atoms with E-state index < -0.39 is 24.3 Å². The van der Waals surface area contributed by atoms with E-state index in [1.807, 2.05) is 29.2 Å². The summed E-state index contributed by atoms with van der Waals surface area (Å²) in [5.74, 6) is 0.998. The highest BCUT2D eigenvalue weighted by atomic mass is 16.5. The molecule has 30 heavy (non-hydrogen) atoms. The summed E-state index contributed by atoms with van der Waals surface area (Å²) < 4.78 is 5.79. The summed E-state index contributed by atoms with van der Waals surface area (Å²) >= 11 is 0. The number of hydrogen-bond donors (Lipinski definition) is 2. The summed E-state index contributed by atoms with van der Waals surface area (Å²) in [5, 5.41) is 13.1. The van der Waals surface area contributed by atoms with Crippen LogP contribution in [0.4, 0.5) is 4.79 Å². The Balaban J connectivity index is 1.47. The zero-order valence-electron chi connectivity index (χ0n) is 17.5. The molecule has 2 N–H and O–H groups in total. The van der Waals surface area contributed by atoms with Gasteiger partial charge in [0.1, 0.15) is 18.5 Å². The molecule has 162 valence electrons. The van der Waals surface area contributed by atoms with E-state index in [1.54, 1.807) is 7.05 Å². The highest BCUT2D eigenvalue weighted by Crippen LogP contribution is 2.27. The van der Waals surface area contributed by atoms with Crippen molar-refractivity contribution in [2.75, 3.05) is 33.3 Å². The number of nitrogens with zero attached hydrogens (tertiary/aromatic N) is 4. The summed E-state index contributed by atoms with van der Waals surface area (Å²) in [6.45, 7) is 4.08. The zero-order chi connectivity index (χ0) is 21.3. The molecule has 3 unspecified atom stereocenters. The molecule has 9 heteroatoms. The largest absolute Gasteiger partial charge is 0.491 e. The van der Waals surface area contributed by atoms with Crippen LogP contribution in [0.5, 0.6) is 5.75 Å². The highest BCUT2D eigenvalue weighted by molar-refractivity contribution is 6.03. The third-order valence-corrected chi connectivity index (χ3v) is 5.88. The number of carbonyl (C=O) groups is 2. The van der Waals surface area contributed by atoms with E-state index in [-0.39, 0.29) is 19.1 Å². The van der Waals surface area contributed by atoms with E-state index in [1.165, 1.54) is 10.5 Å². The van der Waals surface area contributed by atoms with E-state index in [2.05, 4.69) is 17.1 Å². The Kier molecular flexibility index (Phi) is 5.80. The molecular weight excluding hydrogens is 386 g/mol. The van der Waals surface area contributed by atoms with Crippen LogP contribution < -0.4 is 10.1 Å². The van der Waals surface area contributed by atoms with Crippen molar-refractivity contribution in [3.8, 4) is 5.75 Å². The molecule has 3 aliphatic rings. The van der Waals surface area contributed by atoms with Gasteiger partial charge in [0.05, 0.1) is 6.54 Å². The fraction of sp³-hybridized carbons (Fsp3) is 0.571. The molecule has 4 rings (SSSR count). The van der Waals surface area contributed by atoms with Crippen LogP contribution in [0.2, 0.25) is 0 Å². The summed E-state index contributed by atoms with van der Waals surface area (Å²) in [7, 11) is 1.63. The second-order valence-corrected chi connectivity index (χ2v) is 8.01. The highest BCUT2D eigenvalue weighted by Gasteiger charge is 2.50. The second-order valence-electron chi connectivity index (χ2n) is 8.01. The Morgan fingerprint density at radius 2 is 2.07 bits per heavy atom. The zero-order valence-corrected chi connectivity index (χ0v) is 17.5. The molecule has 3 atom stereocenters. The number of amides is 3. The minimum absolute atomic E-state index is 0.102. The summed E-state index contributed by atoms with van der Waals surface area (Å²) in [6, 6.07) is 6.69. The van der Waals surface area contributed by atoms with Gasteiger partial charge in [-0.3, -0.25) is 10.1 Å². The first-order chi connectivity index (χ1) is 14.5. The van der Waals surface area contributed by atoms with Gasteiger partial charge in [0.2, 0.25) is 0 Å². The van der Waals surface area contributed by atoms with Gasteiger partial charge >= 0.3 is 6.03 Å². The number of fused-ring (bicyclic) bond motifs is 1. The number of benzene rings is 1. The summed E-state index contributed by atoms with van der Waals surface area (Å²) in [4.78, 5) is 34.8. The average molecular weight is 415 g/mol. The minimum atomic E-state index is -0.822. The number of aryl methyl sites for hydroxylation is 1. The number of guanidine groups is 1. The van der Waals surface area contributed by atoms with Crippen molar-refractivity contribution in [1.29, 1.82) is 0 Å². The van der Waals surface area contributed by atoms with Gasteiger partial charge in [-0.25, -0.2) is 9.79 Å². The molecule has 3 amide bonds. The number of imide groups is 1. The fourth-order valence-corrected chi connectivity index (χ4v) is 4.21. The summed E-state index contributed by atoms with van der Waals surface area (Å²) in [6.07, 6.45) is 1.62. The van der Waals surface area contributed by atoms with Gasteiger partial charge in [0.15, 0.2) is 18.2 Å². The lowest BCUT2D eigenvalue weighted by molar-refractivity contribution is -0.127. The lowest BCUT2D eigenvalue weighted by Gasteiger charge is -2.37. The Hall–Kier alpha value is -2.81. The maximum Gasteiger partial charge on any atom is 0.325 e. The third kappa shape index (κ3) is 3.94. The van der Waals surface area contributed by atoms with E-state index >= 15 is 0 Å². The topological polar surface area (TPSA) is 97.7 Å². The molecule has 1 aromatic rings. The number of aliphatic hydroxyl groups excluding tert-OH is 1. The number of carbonyl (C=O) groups excluding carboxylic acids is 2. The molecule has 0 aromatic heterocycles. The van der Waals surface area contributed by atoms with Crippen LogP contribution in [-0.4, -0.2) is 89.3 Å².